The molecule has 0 aliphatic rings. The fourth-order valence-corrected chi connectivity index (χ4v) is 1.95. The maximum atomic E-state index is 13.8. The van der Waals surface area contributed by atoms with Gasteiger partial charge in [-0.2, -0.15) is 0 Å². The third-order valence-corrected chi connectivity index (χ3v) is 3.22. The molecule has 2 rings (SSSR count). The van der Waals surface area contributed by atoms with Gasteiger partial charge in [-0.05, 0) is 42.3 Å². The Morgan fingerprint density at radius 2 is 1.85 bits per heavy atom. The molecule has 0 heterocycles. The second-order valence-electron chi connectivity index (χ2n) is 4.72. The van der Waals surface area contributed by atoms with Gasteiger partial charge in [0.05, 0.1) is 5.56 Å². The molecule has 0 saturated heterocycles. The van der Waals surface area contributed by atoms with Crippen molar-refractivity contribution in [1.29, 1.82) is 0 Å². The lowest BCUT2D eigenvalue weighted by molar-refractivity contribution is 0.0989. The summed E-state index contributed by atoms with van der Waals surface area (Å²) in [7, 11) is 1.62. The highest BCUT2D eigenvalue weighted by Gasteiger charge is 2.17. The molecule has 0 spiro atoms. The molecule has 0 radical (unpaired) electrons. The van der Waals surface area contributed by atoms with Crippen molar-refractivity contribution in [3.63, 3.8) is 0 Å². The standard InChI is InChI=1S/C16H17FN2O/c1-11-3-8-14(15(17)9-11)16(20)19(2)13-6-4-12(10-18)5-7-13/h3-9H,10,18H2,1-2H3. The number of rotatable bonds is 3. The Labute approximate surface area is 117 Å². The minimum atomic E-state index is -0.500. The van der Waals surface area contributed by atoms with Crippen LogP contribution in [0.5, 0.6) is 0 Å². The molecule has 0 atom stereocenters. The SMILES string of the molecule is Cc1ccc(C(=O)N(C)c2ccc(CN)cc2)c(F)c1. The van der Waals surface area contributed by atoms with Crippen molar-refractivity contribution in [2.75, 3.05) is 11.9 Å². The van der Waals surface area contributed by atoms with Crippen LogP contribution in [0.4, 0.5) is 10.1 Å². The summed E-state index contributed by atoms with van der Waals surface area (Å²) in [5.74, 6) is -0.872. The van der Waals surface area contributed by atoms with E-state index in [1.807, 2.05) is 12.1 Å². The Bertz CT molecular complexity index is 623. The highest BCUT2D eigenvalue weighted by molar-refractivity contribution is 6.05. The lowest BCUT2D eigenvalue weighted by Gasteiger charge is -2.18. The second kappa shape index (κ2) is 5.84. The molecule has 0 bridgehead atoms. The third-order valence-electron chi connectivity index (χ3n) is 3.22. The van der Waals surface area contributed by atoms with E-state index in [1.165, 1.54) is 17.0 Å². The molecule has 20 heavy (non-hydrogen) atoms. The molecule has 104 valence electrons. The van der Waals surface area contributed by atoms with Gasteiger partial charge in [0.25, 0.3) is 5.91 Å². The van der Waals surface area contributed by atoms with E-state index in [2.05, 4.69) is 0 Å². The van der Waals surface area contributed by atoms with E-state index in [1.54, 1.807) is 32.2 Å². The lowest BCUT2D eigenvalue weighted by Crippen LogP contribution is -2.27. The maximum absolute atomic E-state index is 13.8. The average molecular weight is 272 g/mol. The molecule has 0 aliphatic carbocycles. The van der Waals surface area contributed by atoms with Crippen LogP contribution in [0.3, 0.4) is 0 Å². The van der Waals surface area contributed by atoms with Gasteiger partial charge < -0.3 is 10.6 Å². The van der Waals surface area contributed by atoms with Gasteiger partial charge in [0.15, 0.2) is 0 Å². The van der Waals surface area contributed by atoms with Gasteiger partial charge in [0.2, 0.25) is 0 Å². The summed E-state index contributed by atoms with van der Waals surface area (Å²) in [6.45, 7) is 2.23. The predicted molar refractivity (Wildman–Crippen MR) is 78.2 cm³/mol. The molecule has 1 amide bonds. The molecule has 0 fully saturated rings. The molecule has 0 saturated carbocycles. The van der Waals surface area contributed by atoms with Crippen LogP contribution in [0.1, 0.15) is 21.5 Å². The highest BCUT2D eigenvalue weighted by Crippen LogP contribution is 2.18. The van der Waals surface area contributed by atoms with Gasteiger partial charge in [0.1, 0.15) is 5.82 Å². The van der Waals surface area contributed by atoms with Crippen LogP contribution in [0, 0.1) is 12.7 Å². The molecule has 2 aromatic rings. The van der Waals surface area contributed by atoms with E-state index in [4.69, 9.17) is 5.73 Å². The molecule has 0 aromatic heterocycles. The van der Waals surface area contributed by atoms with Crippen LogP contribution >= 0.6 is 0 Å². The zero-order valence-corrected chi connectivity index (χ0v) is 11.6. The zero-order chi connectivity index (χ0) is 14.7. The normalized spacial score (nSPS) is 10.4. The summed E-state index contributed by atoms with van der Waals surface area (Å²) in [5, 5.41) is 0. The van der Waals surface area contributed by atoms with E-state index in [-0.39, 0.29) is 11.5 Å². The fraction of sp³-hybridized carbons (Fsp3) is 0.188. The van der Waals surface area contributed by atoms with Gasteiger partial charge in [-0.1, -0.05) is 18.2 Å². The number of anilines is 1. The number of aryl methyl sites for hydroxylation is 1. The Balaban J connectivity index is 2.27. The minimum absolute atomic E-state index is 0.0704. The van der Waals surface area contributed by atoms with E-state index in [0.717, 1.165) is 11.1 Å². The number of hydrogen-bond acceptors (Lipinski definition) is 2. The number of carbonyl (C=O) groups is 1. The Morgan fingerprint density at radius 1 is 1.20 bits per heavy atom. The van der Waals surface area contributed by atoms with Crippen molar-refractivity contribution in [2.24, 2.45) is 5.73 Å². The van der Waals surface area contributed by atoms with Crippen molar-refractivity contribution in [2.45, 2.75) is 13.5 Å². The zero-order valence-electron chi connectivity index (χ0n) is 11.6. The summed E-state index contributed by atoms with van der Waals surface area (Å²) in [4.78, 5) is 13.7. The summed E-state index contributed by atoms with van der Waals surface area (Å²) in [6.07, 6.45) is 0. The van der Waals surface area contributed by atoms with Crippen LogP contribution < -0.4 is 10.6 Å². The van der Waals surface area contributed by atoms with Gasteiger partial charge >= 0.3 is 0 Å². The molecule has 3 nitrogen and oxygen atoms in total. The van der Waals surface area contributed by atoms with Crippen molar-refractivity contribution < 1.29 is 9.18 Å². The van der Waals surface area contributed by atoms with Crippen molar-refractivity contribution in [3.8, 4) is 0 Å². The van der Waals surface area contributed by atoms with Gasteiger partial charge in [-0.3, -0.25) is 4.79 Å². The lowest BCUT2D eigenvalue weighted by atomic mass is 10.1. The first kappa shape index (κ1) is 14.2. The summed E-state index contributed by atoms with van der Waals surface area (Å²) < 4.78 is 13.8. The highest BCUT2D eigenvalue weighted by atomic mass is 19.1. The first-order valence-corrected chi connectivity index (χ1v) is 6.36. The van der Waals surface area contributed by atoms with Crippen molar-refractivity contribution >= 4 is 11.6 Å². The van der Waals surface area contributed by atoms with E-state index >= 15 is 0 Å². The first-order chi connectivity index (χ1) is 9.52. The van der Waals surface area contributed by atoms with Crippen molar-refractivity contribution in [1.82, 2.24) is 0 Å². The Kier molecular flexibility index (Phi) is 4.15. The van der Waals surface area contributed by atoms with Crippen LogP contribution in [-0.4, -0.2) is 13.0 Å². The largest absolute Gasteiger partial charge is 0.326 e. The van der Waals surface area contributed by atoms with E-state index in [9.17, 15) is 9.18 Å². The Hall–Kier alpha value is -2.20. The average Bonchev–Trinajstić information content (AvgIpc) is 2.46. The fourth-order valence-electron chi connectivity index (χ4n) is 1.95. The van der Waals surface area contributed by atoms with Gasteiger partial charge in [-0.25, -0.2) is 4.39 Å². The van der Waals surface area contributed by atoms with Crippen LogP contribution in [0.2, 0.25) is 0 Å². The number of nitrogens with zero attached hydrogens (tertiary/aromatic N) is 1. The summed E-state index contributed by atoms with van der Waals surface area (Å²) in [5.41, 5.74) is 8.07. The second-order valence-corrected chi connectivity index (χ2v) is 4.72. The number of carbonyl (C=O) groups excluding carboxylic acids is 1. The molecule has 0 aliphatic heterocycles. The van der Waals surface area contributed by atoms with Crippen LogP contribution in [-0.2, 0) is 6.54 Å². The Morgan fingerprint density at radius 3 is 2.40 bits per heavy atom. The number of benzene rings is 2. The maximum Gasteiger partial charge on any atom is 0.260 e. The molecule has 2 aromatic carbocycles. The topological polar surface area (TPSA) is 46.3 Å². The molecular weight excluding hydrogens is 255 g/mol. The molecule has 0 unspecified atom stereocenters. The van der Waals surface area contributed by atoms with E-state index in [0.29, 0.717) is 12.2 Å². The number of hydrogen-bond donors (Lipinski definition) is 1. The first-order valence-electron chi connectivity index (χ1n) is 6.36. The van der Waals surface area contributed by atoms with Crippen molar-refractivity contribution in [3.05, 3.63) is 65.0 Å². The third kappa shape index (κ3) is 2.86. The van der Waals surface area contributed by atoms with Crippen LogP contribution in [0.15, 0.2) is 42.5 Å². The number of halogens is 1. The number of amides is 1. The van der Waals surface area contributed by atoms with Gasteiger partial charge in [-0.15, -0.1) is 0 Å². The minimum Gasteiger partial charge on any atom is -0.326 e. The molecular formula is C16H17FN2O. The van der Waals surface area contributed by atoms with Crippen LogP contribution in [0.25, 0.3) is 0 Å². The summed E-state index contributed by atoms with van der Waals surface area (Å²) in [6, 6.07) is 11.9. The monoisotopic (exact) mass is 272 g/mol. The van der Waals surface area contributed by atoms with E-state index < -0.39 is 5.82 Å². The molecule has 4 heteroatoms. The smallest absolute Gasteiger partial charge is 0.260 e. The quantitative estimate of drug-likeness (QED) is 0.934. The van der Waals surface area contributed by atoms with Gasteiger partial charge in [0, 0.05) is 19.3 Å². The summed E-state index contributed by atoms with van der Waals surface area (Å²) >= 11 is 0. The molecule has 2 N–H and O–H groups in total. The predicted octanol–water partition coefficient (Wildman–Crippen LogP) is 2.87. The number of nitrogens with two attached hydrogens (primary N) is 1.